The van der Waals surface area contributed by atoms with Crippen LogP contribution in [0.1, 0.15) is 62.5 Å². The van der Waals surface area contributed by atoms with E-state index in [-0.39, 0.29) is 56.7 Å². The molecule has 464 valence electrons. The fourth-order valence-electron chi connectivity index (χ4n) is 8.62. The van der Waals surface area contributed by atoms with E-state index in [0.717, 1.165) is 26.5 Å². The first-order valence-corrected chi connectivity index (χ1v) is 29.5. The minimum Gasteiger partial charge on any atom is -0.508 e. The number of phenols is 1. The number of phenolic OH excluding ortho intramolecular Hbond substituents is 1. The smallest absolute Gasteiger partial charge is 0.246 e. The van der Waals surface area contributed by atoms with Crippen molar-refractivity contribution in [3.8, 4) is 5.75 Å². The zero-order valence-electron chi connectivity index (χ0n) is 46.4. The van der Waals surface area contributed by atoms with Gasteiger partial charge in [0.15, 0.2) is 0 Å². The molecular weight excluding hydrogens is 1150 g/mol. The number of unbranched alkanes of at least 4 members (excludes halogenated alkanes) is 1. The number of nitrogens with one attached hydrogen (secondary N) is 10. The van der Waals surface area contributed by atoms with Crippen molar-refractivity contribution < 1.29 is 72.2 Å². The summed E-state index contributed by atoms with van der Waals surface area (Å²) in [7, 11) is 1.73. The molecule has 21 N–H and O–H groups in total. The molecule has 0 aliphatic carbocycles. The van der Waals surface area contributed by atoms with Gasteiger partial charge in [0, 0.05) is 37.3 Å². The molecule has 2 aliphatic heterocycles. The van der Waals surface area contributed by atoms with Gasteiger partial charge in [0.25, 0.3) is 0 Å². The van der Waals surface area contributed by atoms with E-state index >= 15 is 0 Å². The maximum Gasteiger partial charge on any atom is 0.246 e. The van der Waals surface area contributed by atoms with Gasteiger partial charge in [0.1, 0.15) is 54.1 Å². The molecule has 2 aromatic rings. The molecule has 31 nitrogen and oxygen atoms in total. The van der Waals surface area contributed by atoms with Crippen molar-refractivity contribution >= 4 is 104 Å². The number of carbonyl (C=O) groups excluding carboxylic acids is 14. The van der Waals surface area contributed by atoms with Gasteiger partial charge in [-0.25, -0.2) is 0 Å². The van der Waals surface area contributed by atoms with Crippen LogP contribution in [-0.2, 0) is 80.0 Å². The zero-order chi connectivity index (χ0) is 62.6. The summed E-state index contributed by atoms with van der Waals surface area (Å²) in [6.07, 6.45) is -1.13. The summed E-state index contributed by atoms with van der Waals surface area (Å²) in [4.78, 5) is 190. The van der Waals surface area contributed by atoms with Gasteiger partial charge < -0.3 is 91.8 Å². The standard InChI is InChI=1S/C52H74N16O15S2/c53-17-5-4-9-31(45(76)60-23-41(57)72)63-51(82)38-10-6-18-68(38)52(83)37-27-85-84-26-36(61-44(75)25-59-43(74)24-58-42(73)22-54)50(81)65-34(20-29-11-13-30(69)14-12-29)48(79)64-33(19-28-7-2-1-3-8-28)47(78)62-32(15-16-39(55)70)46(77)66-35(21-40(56)71)49(80)67-37/h1-3,7-8,11-14,31-38,69H,4-6,9-10,15-27,53-54H2,(H2,55,70)(H2,56,71)(H2,57,72)(H,58,73)(H,59,74)(H,60,76)(H,61,75)(H,62,78)(H,63,82)(H,64,79)(H,65,81)(H,66,77)(H,67,80)/t31-,32-,33-,34+,35-,36-,37-,38-/m0/s1. The van der Waals surface area contributed by atoms with Gasteiger partial charge in [-0.3, -0.25) is 67.1 Å². The third-order valence-corrected chi connectivity index (χ3v) is 15.4. The lowest BCUT2D eigenvalue weighted by molar-refractivity contribution is -0.142. The van der Waals surface area contributed by atoms with Crippen molar-refractivity contribution in [3.63, 3.8) is 0 Å². The van der Waals surface area contributed by atoms with Crippen molar-refractivity contribution in [2.75, 3.05) is 50.8 Å². The van der Waals surface area contributed by atoms with E-state index in [2.05, 4.69) is 53.2 Å². The first-order valence-electron chi connectivity index (χ1n) is 27.0. The fraction of sp³-hybridized carbons (Fsp3) is 0.500. The quantitative estimate of drug-likeness (QED) is 0.0324. The SMILES string of the molecule is NCCCC[C@H](NC(=O)[C@@H]1CCCN1C(=O)[C@@H]1CSSC[C@H](NC(=O)CNC(=O)CNC(=O)CN)C(=O)N[C@H](Cc2ccc(O)cc2)C(=O)N[C@@H](Cc2ccccc2)C(=O)N[C@@H](CCC(N)=O)C(=O)N[C@@H](CC(N)=O)C(=O)N1)C(=O)NCC(N)=O. The monoisotopic (exact) mass is 1230 g/mol. The topological polar surface area (TPSA) is 513 Å². The Bertz CT molecular complexity index is 2730. The Hall–Kier alpha value is -8.56. The van der Waals surface area contributed by atoms with Crippen LogP contribution in [0.2, 0.25) is 0 Å². The number of amides is 14. The molecule has 33 heteroatoms. The molecule has 0 bridgehead atoms. The average molecular weight is 1230 g/mol. The molecule has 2 heterocycles. The average Bonchev–Trinajstić information content (AvgIpc) is 4.23. The number of rotatable bonds is 25. The van der Waals surface area contributed by atoms with Gasteiger partial charge in [-0.1, -0.05) is 64.1 Å². The normalized spacial score (nSPS) is 21.2. The molecule has 0 radical (unpaired) electrons. The van der Waals surface area contributed by atoms with Crippen LogP contribution in [0.4, 0.5) is 0 Å². The van der Waals surface area contributed by atoms with Crippen LogP contribution in [0.5, 0.6) is 5.75 Å². The molecule has 2 fully saturated rings. The molecule has 85 heavy (non-hydrogen) atoms. The van der Waals surface area contributed by atoms with Crippen LogP contribution in [0, 0.1) is 0 Å². The van der Waals surface area contributed by atoms with Gasteiger partial charge in [0.2, 0.25) is 82.7 Å². The predicted molar refractivity (Wildman–Crippen MR) is 308 cm³/mol. The Labute approximate surface area is 496 Å². The molecule has 0 spiro atoms. The summed E-state index contributed by atoms with van der Waals surface area (Å²) in [5.41, 5.74) is 28.1. The van der Waals surface area contributed by atoms with Crippen LogP contribution in [0.25, 0.3) is 0 Å². The summed E-state index contributed by atoms with van der Waals surface area (Å²) in [5.74, 6) is -13.8. The number of hydrogen-bond acceptors (Lipinski definition) is 19. The van der Waals surface area contributed by atoms with Crippen LogP contribution < -0.4 is 81.8 Å². The highest BCUT2D eigenvalue weighted by atomic mass is 33.1. The number of primary amides is 3. The number of likely N-dealkylation sites (tertiary alicyclic amines) is 1. The first kappa shape index (κ1) is 68.9. The molecule has 2 saturated heterocycles. The summed E-state index contributed by atoms with van der Waals surface area (Å²) in [6, 6.07) is 1.48. The predicted octanol–water partition coefficient (Wildman–Crippen LogP) is -6.98. The van der Waals surface area contributed by atoms with Crippen molar-refractivity contribution in [2.24, 2.45) is 28.7 Å². The highest BCUT2D eigenvalue weighted by Crippen LogP contribution is 2.26. The van der Waals surface area contributed by atoms with Gasteiger partial charge in [-0.2, -0.15) is 0 Å². The molecule has 14 amide bonds. The second-order valence-corrected chi connectivity index (χ2v) is 22.3. The van der Waals surface area contributed by atoms with Gasteiger partial charge in [-0.05, 0) is 68.3 Å². The van der Waals surface area contributed by atoms with Crippen molar-refractivity contribution in [3.05, 3.63) is 65.7 Å². The molecular formula is C52H74N16O15S2. The first-order chi connectivity index (χ1) is 40.5. The van der Waals surface area contributed by atoms with Crippen LogP contribution in [0.3, 0.4) is 0 Å². The Morgan fingerprint density at radius 1 is 0.624 bits per heavy atom. The van der Waals surface area contributed by atoms with Crippen molar-refractivity contribution in [1.82, 2.24) is 58.1 Å². The van der Waals surface area contributed by atoms with E-state index in [9.17, 15) is 72.2 Å². The number of nitrogens with zero attached hydrogens (tertiary/aromatic N) is 1. The van der Waals surface area contributed by atoms with E-state index in [4.69, 9.17) is 28.7 Å². The minimum atomic E-state index is -1.87. The molecule has 0 saturated carbocycles. The van der Waals surface area contributed by atoms with Crippen molar-refractivity contribution in [1.29, 1.82) is 0 Å². The molecule has 2 aliphatic rings. The number of benzene rings is 2. The van der Waals surface area contributed by atoms with Crippen molar-refractivity contribution in [2.45, 2.75) is 113 Å². The van der Waals surface area contributed by atoms with Crippen LogP contribution in [-0.4, -0.2) is 192 Å². The Kier molecular flexibility index (Phi) is 28.8. The fourth-order valence-corrected chi connectivity index (χ4v) is 10.9. The third-order valence-electron chi connectivity index (χ3n) is 13.0. The van der Waals surface area contributed by atoms with Crippen LogP contribution in [0.15, 0.2) is 54.6 Å². The Morgan fingerprint density at radius 2 is 1.20 bits per heavy atom. The number of carbonyl (C=O) groups is 14. The Morgan fingerprint density at radius 3 is 1.82 bits per heavy atom. The number of aromatic hydroxyl groups is 1. The summed E-state index contributed by atoms with van der Waals surface area (Å²) >= 11 is 0. The van der Waals surface area contributed by atoms with Gasteiger partial charge in [-0.15, -0.1) is 0 Å². The van der Waals surface area contributed by atoms with Crippen LogP contribution >= 0.6 is 21.6 Å². The van der Waals surface area contributed by atoms with E-state index in [1.165, 1.54) is 24.3 Å². The summed E-state index contributed by atoms with van der Waals surface area (Å²) < 4.78 is 0. The lowest BCUT2D eigenvalue weighted by Crippen LogP contribution is -2.61. The number of nitrogens with two attached hydrogens (primary N) is 5. The van der Waals surface area contributed by atoms with E-state index < -0.39 is 182 Å². The molecule has 8 atom stereocenters. The number of hydrogen-bond donors (Lipinski definition) is 16. The molecule has 2 aromatic carbocycles. The second-order valence-electron chi connectivity index (χ2n) is 19.7. The maximum absolute atomic E-state index is 14.8. The Balaban J connectivity index is 1.81. The third kappa shape index (κ3) is 24.3. The van der Waals surface area contributed by atoms with Gasteiger partial charge >= 0.3 is 0 Å². The summed E-state index contributed by atoms with van der Waals surface area (Å²) in [6.45, 7) is -2.01. The van der Waals surface area contributed by atoms with E-state index in [1.54, 1.807) is 30.3 Å². The van der Waals surface area contributed by atoms with E-state index in [1.807, 2.05) is 0 Å². The highest BCUT2D eigenvalue weighted by molar-refractivity contribution is 8.76. The molecule has 0 unspecified atom stereocenters. The lowest BCUT2D eigenvalue weighted by atomic mass is 10.0. The largest absolute Gasteiger partial charge is 0.508 e. The second kappa shape index (κ2) is 35.5. The molecule has 0 aromatic heterocycles. The summed E-state index contributed by atoms with van der Waals surface area (Å²) in [5, 5.41) is 34.8. The van der Waals surface area contributed by atoms with Gasteiger partial charge in [0.05, 0.1) is 32.6 Å². The van der Waals surface area contributed by atoms with E-state index in [0.29, 0.717) is 24.0 Å². The lowest BCUT2D eigenvalue weighted by Gasteiger charge is -2.31. The minimum absolute atomic E-state index is 0.0517. The highest BCUT2D eigenvalue weighted by Gasteiger charge is 2.41. The molecule has 4 rings (SSSR count). The zero-order valence-corrected chi connectivity index (χ0v) is 48.0. The maximum atomic E-state index is 14.8.